The summed E-state index contributed by atoms with van der Waals surface area (Å²) in [6, 6.07) is 18.2. The van der Waals surface area contributed by atoms with E-state index >= 15 is 0 Å². The van der Waals surface area contributed by atoms with Crippen molar-refractivity contribution >= 4 is 12.2 Å². The van der Waals surface area contributed by atoms with E-state index in [-0.39, 0.29) is 32.7 Å². The monoisotopic (exact) mass is 400 g/mol. The molecule has 0 aromatic heterocycles. The van der Waals surface area contributed by atoms with E-state index in [4.69, 9.17) is 9.47 Å². The van der Waals surface area contributed by atoms with Gasteiger partial charge in [0.1, 0.15) is 19.4 Å². The Hall–Kier alpha value is -3.09. The quantitative estimate of drug-likeness (QED) is 0.822. The van der Waals surface area contributed by atoms with Crippen molar-refractivity contribution in [3.8, 4) is 0 Å². The second-order valence-corrected chi connectivity index (χ2v) is 7.02. The first-order valence-electron chi connectivity index (χ1n) is 9.67. The third-order valence-electron chi connectivity index (χ3n) is 4.69. The largest absolute Gasteiger partial charge is 0.445 e. The fourth-order valence-corrected chi connectivity index (χ4v) is 3.15. The Morgan fingerprint density at radius 2 is 1.48 bits per heavy atom. The van der Waals surface area contributed by atoms with Crippen molar-refractivity contribution in [2.24, 2.45) is 0 Å². The Morgan fingerprint density at radius 3 is 2.10 bits per heavy atom. The molecule has 2 amide bonds. The van der Waals surface area contributed by atoms with E-state index in [0.717, 1.165) is 11.1 Å². The molecule has 6 nitrogen and oxygen atoms in total. The standard InChI is InChI=1S/C22H25FN2O4/c23-19-11-12-20(24-21(26)28-15-17-7-3-1-4-8-17)14-25(13-19)22(27)29-16-18-9-5-2-6-10-18/h1-10,19-20H,11-16H2,(H,24,26). The third-order valence-corrected chi connectivity index (χ3v) is 4.69. The van der Waals surface area contributed by atoms with E-state index in [1.165, 1.54) is 4.90 Å². The van der Waals surface area contributed by atoms with E-state index in [1.807, 2.05) is 60.7 Å². The van der Waals surface area contributed by atoms with Crippen LogP contribution in [0.3, 0.4) is 0 Å². The summed E-state index contributed by atoms with van der Waals surface area (Å²) in [5.74, 6) is 0. The number of carbonyl (C=O) groups is 2. The highest BCUT2D eigenvalue weighted by Gasteiger charge is 2.29. The summed E-state index contributed by atoms with van der Waals surface area (Å²) in [6.45, 7) is 0.387. The van der Waals surface area contributed by atoms with Gasteiger partial charge in [-0.3, -0.25) is 0 Å². The van der Waals surface area contributed by atoms with Crippen LogP contribution in [0.25, 0.3) is 0 Å². The molecule has 1 aliphatic heterocycles. The number of nitrogens with one attached hydrogen (secondary N) is 1. The Balaban J connectivity index is 1.50. The number of alkyl carbamates (subject to hydrolysis) is 1. The summed E-state index contributed by atoms with van der Waals surface area (Å²) in [6.07, 6.45) is -1.67. The zero-order valence-electron chi connectivity index (χ0n) is 16.1. The van der Waals surface area contributed by atoms with Gasteiger partial charge in [-0.25, -0.2) is 14.0 Å². The van der Waals surface area contributed by atoms with E-state index < -0.39 is 24.4 Å². The number of amides is 2. The van der Waals surface area contributed by atoms with Gasteiger partial charge in [0.25, 0.3) is 0 Å². The van der Waals surface area contributed by atoms with Crippen LogP contribution in [0.5, 0.6) is 0 Å². The Morgan fingerprint density at radius 1 is 0.897 bits per heavy atom. The lowest BCUT2D eigenvalue weighted by Gasteiger charge is -2.24. The lowest BCUT2D eigenvalue weighted by Crippen LogP contribution is -2.45. The van der Waals surface area contributed by atoms with Crippen molar-refractivity contribution in [2.45, 2.75) is 38.3 Å². The fraction of sp³-hybridized carbons (Fsp3) is 0.364. The highest BCUT2D eigenvalue weighted by atomic mass is 19.1. The van der Waals surface area contributed by atoms with Crippen LogP contribution in [0.1, 0.15) is 24.0 Å². The van der Waals surface area contributed by atoms with Crippen molar-refractivity contribution in [3.63, 3.8) is 0 Å². The topological polar surface area (TPSA) is 67.9 Å². The Kier molecular flexibility index (Phi) is 7.44. The molecular formula is C22H25FN2O4. The molecule has 0 spiro atoms. The number of likely N-dealkylation sites (tertiary alicyclic amines) is 1. The molecule has 2 aromatic rings. The second kappa shape index (κ2) is 10.5. The van der Waals surface area contributed by atoms with Gasteiger partial charge in [-0.1, -0.05) is 60.7 Å². The maximum atomic E-state index is 14.1. The average molecular weight is 400 g/mol. The second-order valence-electron chi connectivity index (χ2n) is 7.02. The molecule has 0 aliphatic carbocycles. The van der Waals surface area contributed by atoms with Gasteiger partial charge in [-0.15, -0.1) is 0 Å². The minimum Gasteiger partial charge on any atom is -0.445 e. The van der Waals surface area contributed by atoms with Crippen molar-refractivity contribution in [2.75, 3.05) is 13.1 Å². The minimum absolute atomic E-state index is 0.0507. The maximum absolute atomic E-state index is 14.1. The van der Waals surface area contributed by atoms with Crippen molar-refractivity contribution in [1.29, 1.82) is 0 Å². The van der Waals surface area contributed by atoms with Crippen molar-refractivity contribution in [3.05, 3.63) is 71.8 Å². The number of hydrogen-bond acceptors (Lipinski definition) is 4. The SMILES string of the molecule is O=C(NC1CCC(F)CN(C(=O)OCc2ccccc2)C1)OCc1ccccc1. The van der Waals surface area contributed by atoms with E-state index in [2.05, 4.69) is 5.32 Å². The first-order valence-corrected chi connectivity index (χ1v) is 9.67. The third kappa shape index (κ3) is 6.78. The van der Waals surface area contributed by atoms with Gasteiger partial charge in [0.05, 0.1) is 12.6 Å². The predicted octanol–water partition coefficient (Wildman–Crippen LogP) is 4.05. The Labute approximate surface area is 169 Å². The number of halogens is 1. The Bertz CT molecular complexity index is 788. The zero-order chi connectivity index (χ0) is 20.5. The predicted molar refractivity (Wildman–Crippen MR) is 106 cm³/mol. The number of rotatable bonds is 5. The van der Waals surface area contributed by atoms with E-state index in [1.54, 1.807) is 0 Å². The number of alkyl halides is 1. The molecule has 0 saturated carbocycles. The van der Waals surface area contributed by atoms with Gasteiger partial charge >= 0.3 is 12.2 Å². The van der Waals surface area contributed by atoms with Gasteiger partial charge in [-0.2, -0.15) is 0 Å². The number of ether oxygens (including phenoxy) is 2. The van der Waals surface area contributed by atoms with Crippen LogP contribution in [-0.2, 0) is 22.7 Å². The number of carbonyl (C=O) groups excluding carboxylic acids is 2. The molecule has 1 fully saturated rings. The molecule has 1 heterocycles. The summed E-state index contributed by atoms with van der Waals surface area (Å²) in [4.78, 5) is 25.8. The van der Waals surface area contributed by atoms with Crippen LogP contribution < -0.4 is 5.32 Å². The first kappa shape index (κ1) is 20.6. The normalized spacial score (nSPS) is 19.1. The number of hydrogen-bond donors (Lipinski definition) is 1. The van der Waals surface area contributed by atoms with Crippen LogP contribution in [-0.4, -0.2) is 42.4 Å². The molecule has 2 unspecified atom stereocenters. The molecule has 7 heteroatoms. The van der Waals surface area contributed by atoms with Gasteiger partial charge < -0.3 is 19.7 Å². The average Bonchev–Trinajstić information content (AvgIpc) is 2.93. The molecule has 1 N–H and O–H groups in total. The molecular weight excluding hydrogens is 375 g/mol. The molecule has 154 valence electrons. The lowest BCUT2D eigenvalue weighted by atomic mass is 10.1. The molecule has 0 radical (unpaired) electrons. The first-order chi connectivity index (χ1) is 14.1. The van der Waals surface area contributed by atoms with Crippen molar-refractivity contribution in [1.82, 2.24) is 10.2 Å². The van der Waals surface area contributed by atoms with Gasteiger partial charge in [0.2, 0.25) is 0 Å². The fourth-order valence-electron chi connectivity index (χ4n) is 3.15. The van der Waals surface area contributed by atoms with E-state index in [0.29, 0.717) is 6.42 Å². The molecule has 3 rings (SSSR count). The van der Waals surface area contributed by atoms with Crippen LogP contribution in [0.4, 0.5) is 14.0 Å². The summed E-state index contributed by atoms with van der Waals surface area (Å²) in [5, 5.41) is 2.73. The van der Waals surface area contributed by atoms with Crippen LogP contribution in [0, 0.1) is 0 Å². The molecule has 2 aromatic carbocycles. The van der Waals surface area contributed by atoms with Crippen LogP contribution >= 0.6 is 0 Å². The lowest BCUT2D eigenvalue weighted by molar-refractivity contribution is 0.0860. The summed E-state index contributed by atoms with van der Waals surface area (Å²) in [7, 11) is 0. The van der Waals surface area contributed by atoms with Crippen LogP contribution in [0.15, 0.2) is 60.7 Å². The molecule has 29 heavy (non-hydrogen) atoms. The molecule has 1 aliphatic rings. The number of benzene rings is 2. The molecule has 0 bridgehead atoms. The summed E-state index contributed by atoms with van der Waals surface area (Å²) in [5.41, 5.74) is 1.73. The summed E-state index contributed by atoms with van der Waals surface area (Å²) < 4.78 is 24.6. The molecule has 2 atom stereocenters. The van der Waals surface area contributed by atoms with Gasteiger partial charge in [0.15, 0.2) is 0 Å². The van der Waals surface area contributed by atoms with E-state index in [9.17, 15) is 14.0 Å². The van der Waals surface area contributed by atoms with Crippen LogP contribution in [0.2, 0.25) is 0 Å². The van der Waals surface area contributed by atoms with Gasteiger partial charge in [0, 0.05) is 6.54 Å². The minimum atomic E-state index is -1.16. The smallest absolute Gasteiger partial charge is 0.410 e. The highest BCUT2D eigenvalue weighted by molar-refractivity contribution is 5.69. The zero-order valence-corrected chi connectivity index (χ0v) is 16.1. The number of nitrogens with zero attached hydrogens (tertiary/aromatic N) is 1. The highest BCUT2D eigenvalue weighted by Crippen LogP contribution is 2.16. The summed E-state index contributed by atoms with van der Waals surface area (Å²) >= 11 is 0. The van der Waals surface area contributed by atoms with Gasteiger partial charge in [-0.05, 0) is 24.0 Å². The molecule has 1 saturated heterocycles. The van der Waals surface area contributed by atoms with Crippen molar-refractivity contribution < 1.29 is 23.5 Å². The maximum Gasteiger partial charge on any atom is 0.410 e.